The smallest absolute Gasteiger partial charge is 0.0479 e. The normalized spacial score (nSPS) is 15.3. The van der Waals surface area contributed by atoms with Crippen molar-refractivity contribution in [1.29, 1.82) is 0 Å². The zero-order valence-electron chi connectivity index (χ0n) is 10.9. The third kappa shape index (κ3) is 2.26. The van der Waals surface area contributed by atoms with Gasteiger partial charge in [-0.05, 0) is 35.6 Å². The summed E-state index contributed by atoms with van der Waals surface area (Å²) in [6.07, 6.45) is 7.31. The lowest BCUT2D eigenvalue weighted by molar-refractivity contribution is 0.917. The zero-order valence-corrected chi connectivity index (χ0v) is 11.8. The Kier molecular flexibility index (Phi) is 4.00. The van der Waals surface area contributed by atoms with Gasteiger partial charge in [0, 0.05) is 15.3 Å². The molecule has 1 nitrogen and oxygen atoms in total. The highest BCUT2D eigenvalue weighted by Crippen LogP contribution is 2.20. The molecule has 0 radical (unpaired) electrons. The van der Waals surface area contributed by atoms with Crippen molar-refractivity contribution in [3.8, 4) is 0 Å². The second-order valence-corrected chi connectivity index (χ2v) is 5.38. The minimum absolute atomic E-state index is 0.0795. The summed E-state index contributed by atoms with van der Waals surface area (Å²) in [5.41, 5.74) is 7.12. The summed E-state index contributed by atoms with van der Waals surface area (Å²) in [5.74, 6) is 0. The second-order valence-electron chi connectivity index (χ2n) is 4.30. The van der Waals surface area contributed by atoms with Crippen LogP contribution in [0.4, 0.5) is 0 Å². The molecule has 0 saturated heterocycles. The van der Waals surface area contributed by atoms with E-state index >= 15 is 0 Å². The molecule has 1 heterocycles. The van der Waals surface area contributed by atoms with Crippen molar-refractivity contribution >= 4 is 33.6 Å². The molecule has 0 amide bonds. The SMILES string of the molecule is C=CC(N)c1ccc2c(=C/CC)/c(=C\C)sc2c1. The maximum absolute atomic E-state index is 5.99. The predicted molar refractivity (Wildman–Crippen MR) is 83.1 cm³/mol. The van der Waals surface area contributed by atoms with Crippen molar-refractivity contribution in [3.63, 3.8) is 0 Å². The Morgan fingerprint density at radius 1 is 1.44 bits per heavy atom. The first-order chi connectivity index (χ1) is 8.71. The maximum Gasteiger partial charge on any atom is 0.0479 e. The van der Waals surface area contributed by atoms with Crippen LogP contribution in [0, 0.1) is 0 Å². The van der Waals surface area contributed by atoms with E-state index in [0.29, 0.717) is 0 Å². The Morgan fingerprint density at radius 3 is 2.83 bits per heavy atom. The van der Waals surface area contributed by atoms with E-state index in [9.17, 15) is 0 Å². The van der Waals surface area contributed by atoms with Crippen molar-refractivity contribution in [2.24, 2.45) is 5.73 Å². The lowest BCUT2D eigenvalue weighted by Gasteiger charge is -2.05. The Bertz CT molecular complexity index is 679. The zero-order chi connectivity index (χ0) is 13.1. The minimum Gasteiger partial charge on any atom is -0.321 e. The van der Waals surface area contributed by atoms with Crippen LogP contribution in [0.2, 0.25) is 0 Å². The van der Waals surface area contributed by atoms with Crippen molar-refractivity contribution in [2.75, 3.05) is 0 Å². The van der Waals surface area contributed by atoms with Crippen molar-refractivity contribution < 1.29 is 0 Å². The number of benzene rings is 1. The number of thiophene rings is 1. The van der Waals surface area contributed by atoms with Crippen LogP contribution in [0.15, 0.2) is 30.9 Å². The highest BCUT2D eigenvalue weighted by Gasteiger charge is 2.05. The Balaban J connectivity index is 2.75. The van der Waals surface area contributed by atoms with E-state index in [1.807, 2.05) is 11.3 Å². The van der Waals surface area contributed by atoms with Crippen LogP contribution in [0.25, 0.3) is 22.2 Å². The van der Waals surface area contributed by atoms with Gasteiger partial charge < -0.3 is 5.73 Å². The molecule has 0 fully saturated rings. The molecule has 94 valence electrons. The number of hydrogen-bond donors (Lipinski definition) is 1. The van der Waals surface area contributed by atoms with Gasteiger partial charge in [0.05, 0.1) is 0 Å². The van der Waals surface area contributed by atoms with Crippen LogP contribution >= 0.6 is 11.3 Å². The van der Waals surface area contributed by atoms with Gasteiger partial charge in [-0.1, -0.05) is 37.3 Å². The average molecular weight is 257 g/mol. The molecule has 2 rings (SSSR count). The topological polar surface area (TPSA) is 26.0 Å². The molecule has 0 saturated carbocycles. The van der Waals surface area contributed by atoms with E-state index in [-0.39, 0.29) is 6.04 Å². The largest absolute Gasteiger partial charge is 0.321 e. The van der Waals surface area contributed by atoms with Crippen LogP contribution in [-0.4, -0.2) is 0 Å². The summed E-state index contributed by atoms with van der Waals surface area (Å²) in [6.45, 7) is 8.01. The number of fused-ring (bicyclic) bond motifs is 1. The summed E-state index contributed by atoms with van der Waals surface area (Å²) >= 11 is 1.83. The summed E-state index contributed by atoms with van der Waals surface area (Å²) in [7, 11) is 0. The molecule has 2 heteroatoms. The maximum atomic E-state index is 5.99. The molecule has 0 bridgehead atoms. The van der Waals surface area contributed by atoms with E-state index < -0.39 is 0 Å². The van der Waals surface area contributed by atoms with Gasteiger partial charge in [0.15, 0.2) is 0 Å². The van der Waals surface area contributed by atoms with E-state index in [4.69, 9.17) is 5.73 Å². The lowest BCUT2D eigenvalue weighted by atomic mass is 10.1. The Labute approximate surface area is 112 Å². The molecule has 18 heavy (non-hydrogen) atoms. The van der Waals surface area contributed by atoms with Crippen LogP contribution in [0.5, 0.6) is 0 Å². The number of rotatable bonds is 3. The van der Waals surface area contributed by atoms with Gasteiger partial charge in [0.2, 0.25) is 0 Å². The quantitative estimate of drug-likeness (QED) is 0.840. The Morgan fingerprint density at radius 2 is 2.22 bits per heavy atom. The molecule has 0 aliphatic carbocycles. The summed E-state index contributed by atoms with van der Waals surface area (Å²) < 4.78 is 2.65. The molecule has 0 spiro atoms. The summed E-state index contributed by atoms with van der Waals surface area (Å²) in [6, 6.07) is 6.39. The molecular formula is C16H19NS. The minimum atomic E-state index is -0.0795. The van der Waals surface area contributed by atoms with Crippen LogP contribution in [0.1, 0.15) is 31.9 Å². The molecule has 0 aliphatic rings. The van der Waals surface area contributed by atoms with Gasteiger partial charge in [0.25, 0.3) is 0 Å². The molecular weight excluding hydrogens is 238 g/mol. The highest BCUT2D eigenvalue weighted by atomic mass is 32.1. The fourth-order valence-electron chi connectivity index (χ4n) is 2.12. The molecule has 2 N–H and O–H groups in total. The second kappa shape index (κ2) is 5.51. The van der Waals surface area contributed by atoms with E-state index in [1.165, 1.54) is 19.8 Å². The third-order valence-electron chi connectivity index (χ3n) is 3.09. The lowest BCUT2D eigenvalue weighted by Crippen LogP contribution is -2.17. The van der Waals surface area contributed by atoms with Gasteiger partial charge >= 0.3 is 0 Å². The highest BCUT2D eigenvalue weighted by molar-refractivity contribution is 7.17. The van der Waals surface area contributed by atoms with Crippen molar-refractivity contribution in [2.45, 2.75) is 26.3 Å². The standard InChI is InChI=1S/C16H19NS/c1-4-7-12-13-9-8-11(14(17)5-2)10-16(13)18-15(12)6-3/h5-10,14H,2,4,17H2,1,3H3/b12-7-,15-6+. The third-order valence-corrected chi connectivity index (χ3v) is 4.32. The number of hydrogen-bond acceptors (Lipinski definition) is 2. The fourth-order valence-corrected chi connectivity index (χ4v) is 3.27. The van der Waals surface area contributed by atoms with Gasteiger partial charge in [-0.15, -0.1) is 17.9 Å². The van der Waals surface area contributed by atoms with Crippen molar-refractivity contribution in [3.05, 3.63) is 46.2 Å². The number of nitrogens with two attached hydrogens (primary N) is 1. The van der Waals surface area contributed by atoms with Gasteiger partial charge in [-0.2, -0.15) is 0 Å². The molecule has 1 atom stereocenters. The summed E-state index contributed by atoms with van der Waals surface area (Å²) in [4.78, 5) is 0. The predicted octanol–water partition coefficient (Wildman–Crippen LogP) is 3.08. The molecule has 2 aromatic rings. The monoisotopic (exact) mass is 257 g/mol. The van der Waals surface area contributed by atoms with Crippen LogP contribution in [0.3, 0.4) is 0 Å². The fraction of sp³-hybridized carbons (Fsp3) is 0.250. The van der Waals surface area contributed by atoms with Gasteiger partial charge in [-0.25, -0.2) is 0 Å². The van der Waals surface area contributed by atoms with E-state index in [2.05, 4.69) is 50.8 Å². The van der Waals surface area contributed by atoms with Crippen molar-refractivity contribution in [1.82, 2.24) is 0 Å². The average Bonchev–Trinajstić information content (AvgIpc) is 2.75. The first-order valence-electron chi connectivity index (χ1n) is 6.28. The molecule has 1 aromatic carbocycles. The van der Waals surface area contributed by atoms with Gasteiger partial charge in [0.1, 0.15) is 0 Å². The first-order valence-corrected chi connectivity index (χ1v) is 7.10. The molecule has 0 aliphatic heterocycles. The van der Waals surface area contributed by atoms with E-state index in [1.54, 1.807) is 6.08 Å². The summed E-state index contributed by atoms with van der Waals surface area (Å²) in [5, 5.41) is 2.69. The Hall–Kier alpha value is -1.38. The van der Waals surface area contributed by atoms with Crippen LogP contribution in [-0.2, 0) is 0 Å². The van der Waals surface area contributed by atoms with Gasteiger partial charge in [-0.3, -0.25) is 0 Å². The van der Waals surface area contributed by atoms with E-state index in [0.717, 1.165) is 12.0 Å². The molecule has 1 aromatic heterocycles. The first kappa shape index (κ1) is 13.1. The van der Waals surface area contributed by atoms with Crippen LogP contribution < -0.4 is 15.5 Å². The molecule has 1 unspecified atom stereocenters.